The third-order valence-corrected chi connectivity index (χ3v) is 4.33. The molecule has 0 saturated carbocycles. The van der Waals surface area contributed by atoms with E-state index in [1.165, 1.54) is 18.7 Å². The fraction of sp³-hybridized carbons (Fsp3) is 0.368. The molecule has 0 radical (unpaired) electrons. The third kappa shape index (κ3) is 4.11. The van der Waals surface area contributed by atoms with Crippen LogP contribution in [0.3, 0.4) is 0 Å². The molecule has 5 nitrogen and oxygen atoms in total. The molecule has 1 saturated heterocycles. The van der Waals surface area contributed by atoms with E-state index >= 15 is 0 Å². The largest absolute Gasteiger partial charge is 0.369 e. The van der Waals surface area contributed by atoms with Crippen molar-refractivity contribution in [3.05, 3.63) is 54.4 Å². The van der Waals surface area contributed by atoms with Crippen LogP contribution in [-0.2, 0) is 0 Å². The molecular formula is C19H24N4O. The van der Waals surface area contributed by atoms with Gasteiger partial charge in [0.2, 0.25) is 0 Å². The molecule has 2 aromatic rings. The van der Waals surface area contributed by atoms with Crippen LogP contribution in [-0.4, -0.2) is 48.5 Å². The molecule has 0 unspecified atom stereocenters. The Morgan fingerprint density at radius 3 is 2.50 bits per heavy atom. The first-order chi connectivity index (χ1) is 11.8. The second-order valence-electron chi connectivity index (χ2n) is 6.07. The van der Waals surface area contributed by atoms with Gasteiger partial charge in [-0.1, -0.05) is 6.92 Å². The summed E-state index contributed by atoms with van der Waals surface area (Å²) in [6.45, 7) is 7.77. The maximum Gasteiger partial charge on any atom is 0.257 e. The van der Waals surface area contributed by atoms with E-state index in [2.05, 4.69) is 39.2 Å². The summed E-state index contributed by atoms with van der Waals surface area (Å²) in [5.74, 6) is -0.135. The van der Waals surface area contributed by atoms with Crippen molar-refractivity contribution in [2.45, 2.75) is 13.3 Å². The summed E-state index contributed by atoms with van der Waals surface area (Å²) < 4.78 is 0. The number of anilines is 2. The molecule has 126 valence electrons. The van der Waals surface area contributed by atoms with Gasteiger partial charge >= 0.3 is 0 Å². The van der Waals surface area contributed by atoms with Crippen LogP contribution < -0.4 is 10.2 Å². The zero-order chi connectivity index (χ0) is 16.8. The molecule has 1 amide bonds. The van der Waals surface area contributed by atoms with Gasteiger partial charge in [0.1, 0.15) is 0 Å². The van der Waals surface area contributed by atoms with E-state index in [4.69, 9.17) is 0 Å². The van der Waals surface area contributed by atoms with Gasteiger partial charge < -0.3 is 10.2 Å². The van der Waals surface area contributed by atoms with Crippen molar-refractivity contribution in [1.82, 2.24) is 9.88 Å². The minimum atomic E-state index is -0.135. The van der Waals surface area contributed by atoms with Crippen LogP contribution in [0, 0.1) is 0 Å². The predicted molar refractivity (Wildman–Crippen MR) is 97.6 cm³/mol. The second kappa shape index (κ2) is 7.93. The van der Waals surface area contributed by atoms with E-state index in [-0.39, 0.29) is 5.91 Å². The second-order valence-corrected chi connectivity index (χ2v) is 6.07. The fourth-order valence-electron chi connectivity index (χ4n) is 3.00. The number of carbonyl (C=O) groups is 1. The van der Waals surface area contributed by atoms with Gasteiger partial charge in [-0.3, -0.25) is 14.7 Å². The average molecular weight is 324 g/mol. The van der Waals surface area contributed by atoms with Gasteiger partial charge in [-0.05, 0) is 49.4 Å². The normalized spacial score (nSPS) is 15.3. The Morgan fingerprint density at radius 2 is 1.88 bits per heavy atom. The Hall–Kier alpha value is -2.40. The predicted octanol–water partition coefficient (Wildman–Crippen LogP) is 2.87. The van der Waals surface area contributed by atoms with E-state index < -0.39 is 0 Å². The maximum absolute atomic E-state index is 12.1. The van der Waals surface area contributed by atoms with Crippen molar-refractivity contribution < 1.29 is 4.79 Å². The van der Waals surface area contributed by atoms with Crippen molar-refractivity contribution >= 4 is 17.3 Å². The van der Waals surface area contributed by atoms with Crippen LogP contribution in [0.15, 0.2) is 48.8 Å². The van der Waals surface area contributed by atoms with Crippen molar-refractivity contribution in [1.29, 1.82) is 0 Å². The Bertz CT molecular complexity index is 649. The highest BCUT2D eigenvalue weighted by atomic mass is 16.1. The molecule has 1 aromatic heterocycles. The van der Waals surface area contributed by atoms with Crippen LogP contribution in [0.25, 0.3) is 0 Å². The number of nitrogens with zero attached hydrogens (tertiary/aromatic N) is 3. The highest BCUT2D eigenvalue weighted by molar-refractivity contribution is 6.04. The number of nitrogens with one attached hydrogen (secondary N) is 1. The van der Waals surface area contributed by atoms with E-state index in [9.17, 15) is 4.79 Å². The molecule has 1 fully saturated rings. The van der Waals surface area contributed by atoms with E-state index in [1.54, 1.807) is 24.5 Å². The summed E-state index contributed by atoms with van der Waals surface area (Å²) >= 11 is 0. The number of carbonyl (C=O) groups excluding carboxylic acids is 1. The quantitative estimate of drug-likeness (QED) is 0.919. The van der Waals surface area contributed by atoms with Gasteiger partial charge in [0.25, 0.3) is 5.91 Å². The molecule has 3 rings (SSSR count). The van der Waals surface area contributed by atoms with Crippen molar-refractivity contribution in [3.63, 3.8) is 0 Å². The first-order valence-corrected chi connectivity index (χ1v) is 8.55. The third-order valence-electron chi connectivity index (χ3n) is 4.33. The Labute approximate surface area is 143 Å². The molecule has 2 heterocycles. The first-order valence-electron chi connectivity index (χ1n) is 8.55. The van der Waals surface area contributed by atoms with Gasteiger partial charge in [0, 0.05) is 49.9 Å². The Morgan fingerprint density at radius 1 is 1.12 bits per heavy atom. The number of benzene rings is 1. The lowest BCUT2D eigenvalue weighted by Crippen LogP contribution is -2.46. The lowest BCUT2D eigenvalue weighted by molar-refractivity contribution is 0.102. The molecule has 5 heteroatoms. The number of pyridine rings is 1. The van der Waals surface area contributed by atoms with Gasteiger partial charge in [0.15, 0.2) is 0 Å². The van der Waals surface area contributed by atoms with Gasteiger partial charge in [-0.2, -0.15) is 0 Å². The molecule has 1 N–H and O–H groups in total. The highest BCUT2D eigenvalue weighted by Gasteiger charge is 2.16. The SMILES string of the molecule is CCCN1CCN(c2ccc(NC(=O)c3cccnc3)cc2)CC1. The molecule has 0 bridgehead atoms. The number of amides is 1. The van der Waals surface area contributed by atoms with Crippen LogP contribution in [0.5, 0.6) is 0 Å². The van der Waals surface area contributed by atoms with Crippen molar-refractivity contribution in [2.24, 2.45) is 0 Å². The summed E-state index contributed by atoms with van der Waals surface area (Å²) in [7, 11) is 0. The van der Waals surface area contributed by atoms with Crippen LogP contribution in [0.1, 0.15) is 23.7 Å². The summed E-state index contributed by atoms with van der Waals surface area (Å²) in [6.07, 6.45) is 4.44. The summed E-state index contributed by atoms with van der Waals surface area (Å²) in [6, 6.07) is 11.6. The fourth-order valence-corrected chi connectivity index (χ4v) is 3.00. The number of hydrogen-bond acceptors (Lipinski definition) is 4. The van der Waals surface area contributed by atoms with Gasteiger partial charge in [0.05, 0.1) is 5.56 Å². The summed E-state index contributed by atoms with van der Waals surface area (Å²) in [5, 5.41) is 2.91. The molecular weight excluding hydrogens is 300 g/mol. The zero-order valence-electron chi connectivity index (χ0n) is 14.1. The van der Waals surface area contributed by atoms with E-state index in [0.29, 0.717) is 5.56 Å². The highest BCUT2D eigenvalue weighted by Crippen LogP contribution is 2.20. The monoisotopic (exact) mass is 324 g/mol. The molecule has 1 aliphatic rings. The minimum absolute atomic E-state index is 0.135. The number of rotatable bonds is 5. The lowest BCUT2D eigenvalue weighted by atomic mass is 10.2. The first kappa shape index (κ1) is 16.5. The van der Waals surface area contributed by atoms with Crippen LogP contribution in [0.4, 0.5) is 11.4 Å². The number of hydrogen-bond donors (Lipinski definition) is 1. The molecule has 1 aliphatic heterocycles. The van der Waals surface area contributed by atoms with Gasteiger partial charge in [-0.15, -0.1) is 0 Å². The average Bonchev–Trinajstić information content (AvgIpc) is 2.64. The molecule has 0 atom stereocenters. The maximum atomic E-state index is 12.1. The molecule has 1 aromatic carbocycles. The lowest BCUT2D eigenvalue weighted by Gasteiger charge is -2.36. The molecule has 24 heavy (non-hydrogen) atoms. The Balaban J connectivity index is 1.57. The standard InChI is InChI=1S/C19H24N4O/c1-2-10-22-11-13-23(14-12-22)18-7-5-17(6-8-18)21-19(24)16-4-3-9-20-15-16/h3-9,15H,2,10-14H2,1H3,(H,21,24). The van der Waals surface area contributed by atoms with Crippen LogP contribution in [0.2, 0.25) is 0 Å². The van der Waals surface area contributed by atoms with Crippen LogP contribution >= 0.6 is 0 Å². The smallest absolute Gasteiger partial charge is 0.257 e. The van der Waals surface area contributed by atoms with E-state index in [1.807, 2.05) is 12.1 Å². The molecule has 0 spiro atoms. The summed E-state index contributed by atoms with van der Waals surface area (Å²) in [5.41, 5.74) is 2.58. The van der Waals surface area contributed by atoms with Crippen molar-refractivity contribution in [2.75, 3.05) is 42.9 Å². The van der Waals surface area contributed by atoms with Crippen molar-refractivity contribution in [3.8, 4) is 0 Å². The Kier molecular flexibility index (Phi) is 5.43. The number of piperazine rings is 1. The van der Waals surface area contributed by atoms with E-state index in [0.717, 1.165) is 31.9 Å². The minimum Gasteiger partial charge on any atom is -0.369 e. The number of aromatic nitrogens is 1. The molecule has 0 aliphatic carbocycles. The topological polar surface area (TPSA) is 48.5 Å². The zero-order valence-corrected chi connectivity index (χ0v) is 14.1. The summed E-state index contributed by atoms with van der Waals surface area (Å²) in [4.78, 5) is 21.0. The van der Waals surface area contributed by atoms with Gasteiger partial charge in [-0.25, -0.2) is 0 Å².